The molecule has 1 nitrogen and oxygen atoms in total. The standard InChI is InChI=1S/C15H23BrClN/c1-4-5-13(10-16)11-18(3)12(2)14-6-8-15(17)9-7-14/h6-9,12-13H,4-5,10-11H2,1-3H3. The van der Waals surface area contributed by atoms with Gasteiger partial charge in [-0.05, 0) is 44.0 Å². The third-order valence-corrected chi connectivity index (χ3v) is 4.64. The molecule has 0 aliphatic heterocycles. The van der Waals surface area contributed by atoms with E-state index in [9.17, 15) is 0 Å². The predicted molar refractivity (Wildman–Crippen MR) is 84.7 cm³/mol. The average Bonchev–Trinajstić information content (AvgIpc) is 2.38. The number of nitrogens with zero attached hydrogens (tertiary/aromatic N) is 1. The van der Waals surface area contributed by atoms with Crippen LogP contribution in [0.15, 0.2) is 24.3 Å². The Morgan fingerprint density at radius 1 is 1.28 bits per heavy atom. The second-order valence-electron chi connectivity index (χ2n) is 4.98. The van der Waals surface area contributed by atoms with Gasteiger partial charge in [0.25, 0.3) is 0 Å². The van der Waals surface area contributed by atoms with Crippen molar-refractivity contribution in [2.45, 2.75) is 32.7 Å². The molecule has 1 aromatic rings. The molecule has 0 aliphatic rings. The fourth-order valence-corrected chi connectivity index (χ4v) is 2.84. The van der Waals surface area contributed by atoms with Crippen molar-refractivity contribution in [2.75, 3.05) is 18.9 Å². The molecule has 1 aromatic carbocycles. The Morgan fingerprint density at radius 3 is 2.39 bits per heavy atom. The van der Waals surface area contributed by atoms with Crippen LogP contribution in [0.2, 0.25) is 5.02 Å². The smallest absolute Gasteiger partial charge is 0.0406 e. The minimum Gasteiger partial charge on any atom is -0.299 e. The molecule has 2 atom stereocenters. The molecule has 102 valence electrons. The van der Waals surface area contributed by atoms with Gasteiger partial charge in [-0.15, -0.1) is 0 Å². The second kappa shape index (κ2) is 8.19. The van der Waals surface area contributed by atoms with E-state index >= 15 is 0 Å². The molecule has 1 rings (SSSR count). The highest BCUT2D eigenvalue weighted by atomic mass is 79.9. The van der Waals surface area contributed by atoms with E-state index in [1.807, 2.05) is 12.1 Å². The molecular weight excluding hydrogens is 310 g/mol. The fourth-order valence-electron chi connectivity index (χ4n) is 2.19. The highest BCUT2D eigenvalue weighted by Crippen LogP contribution is 2.23. The molecule has 0 saturated heterocycles. The summed E-state index contributed by atoms with van der Waals surface area (Å²) in [5, 5.41) is 1.89. The lowest BCUT2D eigenvalue weighted by Crippen LogP contribution is -2.29. The highest BCUT2D eigenvalue weighted by molar-refractivity contribution is 9.09. The third-order valence-electron chi connectivity index (χ3n) is 3.47. The molecule has 0 spiro atoms. The molecule has 0 amide bonds. The summed E-state index contributed by atoms with van der Waals surface area (Å²) < 4.78 is 0. The number of halogens is 2. The van der Waals surface area contributed by atoms with Gasteiger partial charge in [0.2, 0.25) is 0 Å². The van der Waals surface area contributed by atoms with Crippen molar-refractivity contribution in [3.63, 3.8) is 0 Å². The van der Waals surface area contributed by atoms with Crippen LogP contribution in [0.1, 0.15) is 38.3 Å². The summed E-state index contributed by atoms with van der Waals surface area (Å²) in [5.74, 6) is 0.731. The van der Waals surface area contributed by atoms with Crippen LogP contribution in [0.25, 0.3) is 0 Å². The molecule has 0 aliphatic carbocycles. The second-order valence-corrected chi connectivity index (χ2v) is 6.06. The first kappa shape index (κ1) is 16.0. The van der Waals surface area contributed by atoms with Crippen molar-refractivity contribution in [2.24, 2.45) is 5.92 Å². The van der Waals surface area contributed by atoms with Gasteiger partial charge < -0.3 is 0 Å². The molecule has 0 N–H and O–H groups in total. The van der Waals surface area contributed by atoms with Crippen LogP contribution in [0.5, 0.6) is 0 Å². The van der Waals surface area contributed by atoms with E-state index in [2.05, 4.69) is 53.9 Å². The van der Waals surface area contributed by atoms with E-state index in [1.165, 1.54) is 18.4 Å². The summed E-state index contributed by atoms with van der Waals surface area (Å²) in [6, 6.07) is 8.60. The first-order valence-corrected chi connectivity index (χ1v) is 8.10. The van der Waals surface area contributed by atoms with Crippen molar-refractivity contribution in [1.29, 1.82) is 0 Å². The molecule has 0 fully saturated rings. The Labute approximate surface area is 125 Å². The quantitative estimate of drug-likeness (QED) is 0.625. The van der Waals surface area contributed by atoms with Crippen molar-refractivity contribution in [3.8, 4) is 0 Å². The van der Waals surface area contributed by atoms with Gasteiger partial charge >= 0.3 is 0 Å². The number of hydrogen-bond donors (Lipinski definition) is 0. The molecule has 0 heterocycles. The lowest BCUT2D eigenvalue weighted by molar-refractivity contribution is 0.223. The van der Waals surface area contributed by atoms with Gasteiger partial charge in [0.15, 0.2) is 0 Å². The minimum atomic E-state index is 0.431. The Morgan fingerprint density at radius 2 is 1.89 bits per heavy atom. The molecule has 0 saturated carbocycles. The van der Waals surface area contributed by atoms with Crippen molar-refractivity contribution in [1.82, 2.24) is 4.90 Å². The van der Waals surface area contributed by atoms with E-state index in [0.29, 0.717) is 6.04 Å². The topological polar surface area (TPSA) is 3.24 Å². The van der Waals surface area contributed by atoms with E-state index in [4.69, 9.17) is 11.6 Å². The van der Waals surface area contributed by atoms with Crippen LogP contribution < -0.4 is 0 Å². The summed E-state index contributed by atoms with van der Waals surface area (Å²) in [5.41, 5.74) is 1.33. The molecular formula is C15H23BrClN. The molecule has 2 unspecified atom stereocenters. The maximum atomic E-state index is 5.92. The summed E-state index contributed by atoms with van der Waals surface area (Å²) in [6.45, 7) is 5.63. The molecule has 18 heavy (non-hydrogen) atoms. The fraction of sp³-hybridized carbons (Fsp3) is 0.600. The summed E-state index contributed by atoms with van der Waals surface area (Å²) in [6.07, 6.45) is 2.53. The molecule has 3 heteroatoms. The monoisotopic (exact) mass is 331 g/mol. The van der Waals surface area contributed by atoms with E-state index < -0.39 is 0 Å². The highest BCUT2D eigenvalue weighted by Gasteiger charge is 2.15. The van der Waals surface area contributed by atoms with Crippen LogP contribution in [-0.4, -0.2) is 23.8 Å². The van der Waals surface area contributed by atoms with E-state index in [1.54, 1.807) is 0 Å². The SMILES string of the molecule is CCCC(CBr)CN(C)C(C)c1ccc(Cl)cc1. The summed E-state index contributed by atoms with van der Waals surface area (Å²) in [7, 11) is 2.20. The van der Waals surface area contributed by atoms with Crippen LogP contribution in [-0.2, 0) is 0 Å². The Balaban J connectivity index is 2.59. The van der Waals surface area contributed by atoms with Crippen LogP contribution in [0.3, 0.4) is 0 Å². The van der Waals surface area contributed by atoms with Crippen LogP contribution >= 0.6 is 27.5 Å². The Hall–Kier alpha value is -0.0500. The largest absolute Gasteiger partial charge is 0.299 e. The zero-order valence-electron chi connectivity index (χ0n) is 11.5. The molecule has 0 radical (unpaired) electrons. The first-order chi connectivity index (χ1) is 8.58. The first-order valence-electron chi connectivity index (χ1n) is 6.60. The van der Waals surface area contributed by atoms with E-state index in [0.717, 1.165) is 22.8 Å². The van der Waals surface area contributed by atoms with Crippen molar-refractivity contribution >= 4 is 27.5 Å². The zero-order valence-corrected chi connectivity index (χ0v) is 13.8. The van der Waals surface area contributed by atoms with Gasteiger partial charge in [0, 0.05) is 22.9 Å². The van der Waals surface area contributed by atoms with Crippen molar-refractivity contribution < 1.29 is 0 Å². The molecule has 0 bridgehead atoms. The Bertz CT molecular complexity index is 339. The van der Waals surface area contributed by atoms with Gasteiger partial charge in [-0.1, -0.05) is 53.0 Å². The number of benzene rings is 1. The number of alkyl halides is 1. The van der Waals surface area contributed by atoms with Crippen molar-refractivity contribution in [3.05, 3.63) is 34.9 Å². The maximum Gasteiger partial charge on any atom is 0.0406 e. The van der Waals surface area contributed by atoms with Crippen LogP contribution in [0.4, 0.5) is 0 Å². The predicted octanol–water partition coefficient (Wildman–Crippen LogP) is 5.14. The van der Waals surface area contributed by atoms with E-state index in [-0.39, 0.29) is 0 Å². The number of rotatable bonds is 7. The van der Waals surface area contributed by atoms with Gasteiger partial charge in [-0.3, -0.25) is 4.90 Å². The minimum absolute atomic E-state index is 0.431. The van der Waals surface area contributed by atoms with Gasteiger partial charge in [-0.25, -0.2) is 0 Å². The van der Waals surface area contributed by atoms with Gasteiger partial charge in [0.1, 0.15) is 0 Å². The normalized spacial score (nSPS) is 14.8. The van der Waals surface area contributed by atoms with Gasteiger partial charge in [-0.2, -0.15) is 0 Å². The molecule has 0 aromatic heterocycles. The summed E-state index contributed by atoms with van der Waals surface area (Å²) >= 11 is 9.54. The van der Waals surface area contributed by atoms with Crippen LogP contribution in [0, 0.1) is 5.92 Å². The summed E-state index contributed by atoms with van der Waals surface area (Å²) in [4.78, 5) is 2.42. The van der Waals surface area contributed by atoms with Gasteiger partial charge in [0.05, 0.1) is 0 Å². The zero-order chi connectivity index (χ0) is 13.5. The lowest BCUT2D eigenvalue weighted by atomic mass is 10.0. The average molecular weight is 333 g/mol. The Kier molecular flexibility index (Phi) is 7.28. The third kappa shape index (κ3) is 4.91. The lowest BCUT2D eigenvalue weighted by Gasteiger charge is -2.28. The maximum absolute atomic E-state index is 5.92. The number of hydrogen-bond acceptors (Lipinski definition) is 1.